The Morgan fingerprint density at radius 3 is 1.65 bits per heavy atom. The van der Waals surface area contributed by atoms with Crippen molar-refractivity contribution in [2.24, 2.45) is 28.7 Å². The maximum absolute atomic E-state index is 14.2. The van der Waals surface area contributed by atoms with Gasteiger partial charge in [-0.25, -0.2) is 38.9 Å². The number of nitrogens with one attached hydrogen (secondary N) is 2. The molecule has 15 rings (SSSR count). The molecule has 8 atom stereocenters. The molecular formula is C84H105Br2FN19O33P5. The van der Waals surface area contributed by atoms with Crippen LogP contribution in [0.4, 0.5) is 27.6 Å². The van der Waals surface area contributed by atoms with Gasteiger partial charge in [-0.15, -0.1) is 0 Å². The summed E-state index contributed by atoms with van der Waals surface area (Å²) in [7, 11) is -22.5. The minimum atomic E-state index is -4.74. The molecule has 0 bridgehead atoms. The van der Waals surface area contributed by atoms with Crippen molar-refractivity contribution in [2.45, 2.75) is 164 Å². The first kappa shape index (κ1) is 114. The number of nitrogens with zero attached hydrogens (tertiary/aromatic N) is 11. The molecule has 0 radical (unpaired) electrons. The predicted octanol–water partition coefficient (Wildman–Crippen LogP) is 7.02. The summed E-state index contributed by atoms with van der Waals surface area (Å²) in [5.74, 6) is -1.78. The number of aliphatic hydroxyl groups excluding tert-OH is 2. The number of rotatable bonds is 29. The number of halogens is 3. The summed E-state index contributed by atoms with van der Waals surface area (Å²) >= 11 is 6.27. The van der Waals surface area contributed by atoms with Crippen molar-refractivity contribution in [1.29, 1.82) is 0 Å². The smallest absolute Gasteiger partial charge is 0.463 e. The molecule has 0 aliphatic carbocycles. The van der Waals surface area contributed by atoms with E-state index in [1.165, 1.54) is 85.0 Å². The normalized spacial score (nSPS) is 17.1. The van der Waals surface area contributed by atoms with Crippen LogP contribution < -0.4 is 56.2 Å². The highest BCUT2D eigenvalue weighted by molar-refractivity contribution is 9.10. The van der Waals surface area contributed by atoms with Crippen LogP contribution >= 0.6 is 70.1 Å². The molecule has 3 aromatic carbocycles. The minimum absolute atomic E-state index is 0.000204. The molecule has 60 heteroatoms. The van der Waals surface area contributed by atoms with Crippen molar-refractivity contribution in [3.05, 3.63) is 165 Å². The van der Waals surface area contributed by atoms with Gasteiger partial charge in [0.2, 0.25) is 16.5 Å². The van der Waals surface area contributed by atoms with Crippen molar-refractivity contribution in [2.75, 3.05) is 42.4 Å². The number of phosphoric ester groups is 1. The van der Waals surface area contributed by atoms with Crippen molar-refractivity contribution in [3.63, 3.8) is 0 Å². The lowest BCUT2D eigenvalue weighted by atomic mass is 9.97. The number of amides is 3. The maximum atomic E-state index is 14.2. The fourth-order valence-corrected chi connectivity index (χ4v) is 17.9. The lowest BCUT2D eigenvalue weighted by molar-refractivity contribution is -0.166. The highest BCUT2D eigenvalue weighted by Crippen LogP contribution is 2.45. The zero-order valence-corrected chi connectivity index (χ0v) is 85.9. The number of aliphatic hydroxyl groups is 2. The number of imidazole rings is 4. The fraction of sp³-hybridized carbons (Fsp3) is 0.369. The molecule has 2 aliphatic rings. The Kier molecular flexibility index (Phi) is 37.3. The molecule has 2 aliphatic heterocycles. The van der Waals surface area contributed by atoms with Gasteiger partial charge in [0.1, 0.15) is 81.3 Å². The number of benzene rings is 3. The van der Waals surface area contributed by atoms with E-state index in [1.807, 2.05) is 86.2 Å². The van der Waals surface area contributed by atoms with Crippen LogP contribution in [-0.4, -0.2) is 209 Å². The molecule has 52 nitrogen and oxygen atoms in total. The number of aryl methyl sites for hydroxylation is 3. The van der Waals surface area contributed by atoms with E-state index in [1.54, 1.807) is 6.07 Å². The first-order valence-corrected chi connectivity index (χ1v) is 52.6. The Morgan fingerprint density at radius 2 is 1.15 bits per heavy atom. The molecule has 780 valence electrons. The number of nitrogens with two attached hydrogens (primary N) is 6. The van der Waals surface area contributed by atoms with Gasteiger partial charge in [-0.1, -0.05) is 97.9 Å². The number of hydrogen-bond donors (Lipinski definition) is 20. The number of para-hydroxylation sites is 1. The number of nitrogen functional groups attached to an aromatic ring is 4. The van der Waals surface area contributed by atoms with Gasteiger partial charge in [0, 0.05) is 45.7 Å². The summed E-state index contributed by atoms with van der Waals surface area (Å²) in [6.45, 7) is 20.0. The van der Waals surface area contributed by atoms with Crippen molar-refractivity contribution >= 4 is 179 Å². The Hall–Kier alpha value is -11.9. The second-order valence-corrected chi connectivity index (χ2v) is 43.1. The van der Waals surface area contributed by atoms with Gasteiger partial charge < -0.3 is 154 Å². The zero-order valence-electron chi connectivity index (χ0n) is 78.2. The highest BCUT2D eigenvalue weighted by atomic mass is 79.9. The standard InChI is InChI=1S/C18H20N3O4P.C17H21FN3O4P.C15H18BrN3O8.C14H18N5O4P.C11H15N2O5P.C9H13BrN3O8P/c19-15-8-4-7-13-14(10-9-12-5-2-1-3-6-12)17(21-16(13)15)18(22)20-11-26(23,24)25;1-4-10-7-11(18)14(19)15-16(10)21(8-9(2)3)17(20-15)12-5-6-13(25-12)26(22,23)24;1-6(20)24-4-9-11(25-7(2)21)12(26-8(3)22)15(27-9)19-5-18-10(13(19)16)14(17)23;1-14(2,3)6-19-12(8-4-5-9(23-8)24(20,21)22)18-10-11(15)16-7-17-13(10)19;1-6(2)5-8-10(13-11(12)18-8)7-3-4-9(17-7)19(14,15)16;10-7-4(8(11)16)12-2-13(7)9-6(15)5(14)3(21-9)1-20-22(17,18)19/h1-8,21H,9-11,19H2,(H,20,22)(H2,23,24,25);5-7,9H,4,8,19H2,1-3H3,(H2,22,23,24);5,9,11-12,15H,4H2,1-3H3,(H2,17,23);4-5,7H,6H2,1-3H3,(H2,15,16,17)(H2,20,21,22);3-4,6H,5H2,1-2H3,(H2,12,13)(H2,14,15,16);2-3,5-6,9,14-15H,1H2,(H2,11,16)(H2,17,18,19)/t;;9-,11-,12-,15-;;;3-,5-,6-,9-/m..1..1/s1. The van der Waals surface area contributed by atoms with Crippen LogP contribution in [0.3, 0.4) is 0 Å². The topological polar surface area (TPSA) is 832 Å². The summed E-state index contributed by atoms with van der Waals surface area (Å²) in [4.78, 5) is 191. The fourth-order valence-electron chi connectivity index (χ4n) is 14.5. The number of aromatic amines is 1. The average Bonchev–Trinajstić information content (AvgIpc) is 1.62. The molecule has 3 amide bonds. The van der Waals surface area contributed by atoms with E-state index in [0.717, 1.165) is 34.8 Å². The first-order valence-electron chi connectivity index (χ1n) is 42.9. The second-order valence-electron chi connectivity index (χ2n) is 34.1. The van der Waals surface area contributed by atoms with Gasteiger partial charge in [-0.2, -0.15) is 4.98 Å². The molecule has 144 heavy (non-hydrogen) atoms. The molecule has 26 N–H and O–H groups in total. The number of anilines is 4. The monoisotopic (exact) mass is 2240 g/mol. The third-order valence-corrected chi connectivity index (χ3v) is 25.6. The molecule has 2 fully saturated rings. The van der Waals surface area contributed by atoms with E-state index in [2.05, 4.69) is 102 Å². The van der Waals surface area contributed by atoms with Crippen LogP contribution in [0.15, 0.2) is 137 Å². The van der Waals surface area contributed by atoms with E-state index in [9.17, 15) is 85.8 Å². The van der Waals surface area contributed by atoms with Crippen LogP contribution in [0, 0.1) is 23.1 Å². The third kappa shape index (κ3) is 29.3. The number of phosphoric acid groups is 1. The number of ether oxygens (including phenoxy) is 5. The number of furan rings is 3. The Bertz CT molecular complexity index is 7080. The average molecular weight is 2240 g/mol. The van der Waals surface area contributed by atoms with Gasteiger partial charge in [-0.3, -0.25) is 60.7 Å². The molecule has 12 heterocycles. The summed E-state index contributed by atoms with van der Waals surface area (Å²) in [6.07, 6.45) is -3.73. The number of carbonyl (C=O) groups excluding carboxylic acids is 6. The van der Waals surface area contributed by atoms with E-state index in [0.29, 0.717) is 94.8 Å². The quantitative estimate of drug-likeness (QED) is 0.00969. The lowest BCUT2D eigenvalue weighted by Crippen LogP contribution is -2.40. The number of oxazole rings is 1. The number of primary amides is 2. The third-order valence-electron chi connectivity index (χ3n) is 20.5. The van der Waals surface area contributed by atoms with Crippen molar-refractivity contribution in [3.8, 4) is 34.6 Å². The van der Waals surface area contributed by atoms with Gasteiger partial charge in [0.15, 0.2) is 82.0 Å². The summed E-state index contributed by atoms with van der Waals surface area (Å²) < 4.78 is 128. The van der Waals surface area contributed by atoms with Crippen LogP contribution in [0.5, 0.6) is 0 Å². The number of hydrogen-bond acceptors (Lipinski definition) is 34. The van der Waals surface area contributed by atoms with Crippen LogP contribution in [0.1, 0.15) is 143 Å². The molecule has 10 aromatic heterocycles. The summed E-state index contributed by atoms with van der Waals surface area (Å²) in [6, 6.07) is 24.7. The van der Waals surface area contributed by atoms with E-state index in [4.69, 9.17) is 105 Å². The Morgan fingerprint density at radius 1 is 0.611 bits per heavy atom. The molecule has 0 unspecified atom stereocenters. The molecule has 0 spiro atoms. The van der Waals surface area contributed by atoms with Gasteiger partial charge in [0.05, 0.1) is 41.7 Å². The van der Waals surface area contributed by atoms with Gasteiger partial charge in [0.25, 0.3) is 23.7 Å². The summed E-state index contributed by atoms with van der Waals surface area (Å²) in [5.41, 5.74) is 38.6. The zero-order chi connectivity index (χ0) is 107. The van der Waals surface area contributed by atoms with Crippen molar-refractivity contribution in [1.82, 2.24) is 63.5 Å². The molecule has 0 saturated carbocycles. The predicted molar refractivity (Wildman–Crippen MR) is 519 cm³/mol. The number of fused-ring (bicyclic) bond motifs is 3. The largest absolute Gasteiger partial charge is 0.469 e. The number of H-pyrrole nitrogens is 1. The number of carbonyl (C=O) groups is 6. The highest BCUT2D eigenvalue weighted by Gasteiger charge is 2.52. The number of aromatic nitrogens is 12. The maximum Gasteiger partial charge on any atom is 0.469 e. The van der Waals surface area contributed by atoms with E-state index < -0.39 is 158 Å². The van der Waals surface area contributed by atoms with Gasteiger partial charge >= 0.3 is 56.1 Å². The van der Waals surface area contributed by atoms with Crippen LogP contribution in [0.2, 0.25) is 0 Å². The van der Waals surface area contributed by atoms with Gasteiger partial charge in [-0.05, 0) is 134 Å². The Labute approximate surface area is 832 Å². The first-order chi connectivity index (χ1) is 67.0. The molecular weight excluding hydrogens is 2140 g/mol. The summed E-state index contributed by atoms with van der Waals surface area (Å²) in [5, 5.41) is 22.9. The Balaban J connectivity index is 0.000000178. The SMILES string of the molecule is CC(=O)OC[C@H]1O[C@@H](n2cnc(C(N)=O)c2Br)[C@H](OC(C)=O)[C@@H]1OC(C)=O.CC(C)(C)Cn1c(-c2ccc(P(=O)(O)O)o2)nc2c(N)ncnc21.CC(C)Cc1oc(N)nc1-c1ccc(P(=O)(O)O)o1.CCc1cc(F)c(N)c2nc(-c3ccc(P(=O)(O)O)o3)n(CC(C)C)c12.NC(=O)c1ncn([C@@H]2O[C@H](COP(=O)(O)O)[C@@H](O)[C@H]2O)c1Br.Nc1cccc2c(CCc3ccccc3)c(C(=O)NCP(=O)(O)O)[nH]c12. The lowest BCUT2D eigenvalue weighted by Gasteiger charge is -2.24. The molecule has 13 aromatic rings. The van der Waals surface area contributed by atoms with Crippen LogP contribution in [0.25, 0.3) is 67.7 Å². The van der Waals surface area contributed by atoms with E-state index >= 15 is 0 Å². The number of esters is 3. The van der Waals surface area contributed by atoms with E-state index in [-0.39, 0.29) is 79.0 Å². The van der Waals surface area contributed by atoms with Crippen LogP contribution in [-0.2, 0) is 104 Å². The van der Waals surface area contributed by atoms with Crippen molar-refractivity contribution < 1.29 is 161 Å². The minimum Gasteiger partial charge on any atom is -0.463 e. The molecule has 2 saturated heterocycles. The second kappa shape index (κ2) is 47.1.